The van der Waals surface area contributed by atoms with E-state index in [2.05, 4.69) is 23.2 Å². The monoisotopic (exact) mass is 297 g/mol. The van der Waals surface area contributed by atoms with Crippen LogP contribution in [0.5, 0.6) is 0 Å². The number of aryl methyl sites for hydroxylation is 2. The van der Waals surface area contributed by atoms with Crippen molar-refractivity contribution in [2.24, 2.45) is 7.05 Å². The highest BCUT2D eigenvalue weighted by molar-refractivity contribution is 5.85. The summed E-state index contributed by atoms with van der Waals surface area (Å²) in [5, 5.41) is 8.67. The third-order valence-electron chi connectivity index (χ3n) is 3.26. The van der Waals surface area contributed by atoms with Gasteiger partial charge in [0.25, 0.3) is 0 Å². The summed E-state index contributed by atoms with van der Waals surface area (Å²) in [5.41, 5.74) is 3.15. The van der Waals surface area contributed by atoms with Crippen LogP contribution in [0.1, 0.15) is 18.7 Å². The topological polar surface area (TPSA) is 58.4 Å². The van der Waals surface area contributed by atoms with E-state index in [1.165, 1.54) is 0 Å². The summed E-state index contributed by atoms with van der Waals surface area (Å²) >= 11 is 0. The Balaban J connectivity index is 0.00000200. The second-order valence-electron chi connectivity index (χ2n) is 4.90. The van der Waals surface area contributed by atoms with E-state index in [0.717, 1.165) is 22.5 Å². The van der Waals surface area contributed by atoms with Crippen molar-refractivity contribution >= 4 is 35.1 Å². The van der Waals surface area contributed by atoms with Gasteiger partial charge in [-0.15, -0.1) is 12.4 Å². The van der Waals surface area contributed by atoms with Crippen LogP contribution >= 0.6 is 12.4 Å². The number of rotatable bonds is 5. The number of aromatic nitrogens is 2. The van der Waals surface area contributed by atoms with Crippen molar-refractivity contribution in [1.29, 1.82) is 0 Å². The zero-order valence-corrected chi connectivity index (χ0v) is 12.8. The maximum absolute atomic E-state index is 10.5. The number of hydrogen-bond acceptors (Lipinski definition) is 3. The minimum Gasteiger partial charge on any atom is -0.481 e. The highest BCUT2D eigenvalue weighted by Crippen LogP contribution is 2.21. The SMILES string of the molecule is CN(C)c1ccc2c(c1)nc(CCCC(=O)O)n2C.Cl. The molecule has 1 N–H and O–H groups in total. The van der Waals surface area contributed by atoms with Crippen LogP contribution in [0.3, 0.4) is 0 Å². The minimum atomic E-state index is -0.756. The van der Waals surface area contributed by atoms with Crippen molar-refractivity contribution in [3.05, 3.63) is 24.0 Å². The zero-order valence-electron chi connectivity index (χ0n) is 12.0. The second-order valence-corrected chi connectivity index (χ2v) is 4.90. The fourth-order valence-corrected chi connectivity index (χ4v) is 2.14. The number of carboxylic acid groups (broad SMARTS) is 1. The van der Waals surface area contributed by atoms with Crippen LogP contribution in [0.2, 0.25) is 0 Å². The lowest BCUT2D eigenvalue weighted by molar-refractivity contribution is -0.137. The molecule has 0 aliphatic rings. The molecule has 0 spiro atoms. The lowest BCUT2D eigenvalue weighted by atomic mass is 10.2. The van der Waals surface area contributed by atoms with Crippen LogP contribution in [-0.4, -0.2) is 34.7 Å². The minimum absolute atomic E-state index is 0. The van der Waals surface area contributed by atoms with E-state index in [4.69, 9.17) is 5.11 Å². The number of carboxylic acids is 1. The van der Waals surface area contributed by atoms with Gasteiger partial charge < -0.3 is 14.6 Å². The first kappa shape index (κ1) is 16.3. The molecule has 5 nitrogen and oxygen atoms in total. The summed E-state index contributed by atoms with van der Waals surface area (Å²) in [4.78, 5) is 17.2. The van der Waals surface area contributed by atoms with Gasteiger partial charge in [-0.25, -0.2) is 4.98 Å². The Bertz CT molecular complexity index is 608. The number of anilines is 1. The summed E-state index contributed by atoms with van der Waals surface area (Å²) in [6.07, 6.45) is 1.49. The number of halogens is 1. The molecule has 20 heavy (non-hydrogen) atoms. The largest absolute Gasteiger partial charge is 0.481 e. The number of fused-ring (bicyclic) bond motifs is 1. The van der Waals surface area contributed by atoms with Crippen molar-refractivity contribution in [2.45, 2.75) is 19.3 Å². The number of benzene rings is 1. The Morgan fingerprint density at radius 1 is 1.40 bits per heavy atom. The predicted octanol–water partition coefficient (Wildman–Crippen LogP) is 2.47. The molecule has 0 radical (unpaired) electrons. The van der Waals surface area contributed by atoms with Crippen molar-refractivity contribution < 1.29 is 9.90 Å². The van der Waals surface area contributed by atoms with Crippen LogP contribution in [0.15, 0.2) is 18.2 Å². The molecule has 0 atom stereocenters. The number of aliphatic carboxylic acids is 1. The molecule has 1 heterocycles. The molecule has 0 saturated heterocycles. The van der Waals surface area contributed by atoms with Crippen molar-refractivity contribution in [3.63, 3.8) is 0 Å². The predicted molar refractivity (Wildman–Crippen MR) is 82.9 cm³/mol. The molecule has 6 heteroatoms. The van der Waals surface area contributed by atoms with Crippen LogP contribution in [-0.2, 0) is 18.3 Å². The van der Waals surface area contributed by atoms with Gasteiger partial charge in [-0.1, -0.05) is 0 Å². The maximum Gasteiger partial charge on any atom is 0.303 e. The Morgan fingerprint density at radius 2 is 2.10 bits per heavy atom. The van der Waals surface area contributed by atoms with Crippen molar-refractivity contribution in [3.8, 4) is 0 Å². The molecule has 0 bridgehead atoms. The lowest BCUT2D eigenvalue weighted by Gasteiger charge is -2.11. The molecular formula is C14H20ClN3O2. The summed E-state index contributed by atoms with van der Waals surface area (Å²) in [7, 11) is 5.97. The Kier molecular flexibility index (Phi) is 5.39. The van der Waals surface area contributed by atoms with Gasteiger partial charge in [0.2, 0.25) is 0 Å². The van der Waals surface area contributed by atoms with Crippen molar-refractivity contribution in [2.75, 3.05) is 19.0 Å². The molecule has 0 aliphatic carbocycles. The summed E-state index contributed by atoms with van der Waals surface area (Å²) < 4.78 is 2.04. The third-order valence-corrected chi connectivity index (χ3v) is 3.26. The molecule has 0 unspecified atom stereocenters. The molecular weight excluding hydrogens is 278 g/mol. The first-order chi connectivity index (χ1) is 8.99. The standard InChI is InChI=1S/C14H19N3O2.ClH/c1-16(2)10-7-8-12-11(9-10)15-13(17(12)3)5-4-6-14(18)19;/h7-9H,4-6H2,1-3H3,(H,18,19);1H. The maximum atomic E-state index is 10.5. The van der Waals surface area contributed by atoms with E-state index in [0.29, 0.717) is 12.8 Å². The molecule has 2 aromatic rings. The summed E-state index contributed by atoms with van der Waals surface area (Å²) in [6.45, 7) is 0. The van der Waals surface area contributed by atoms with Crippen LogP contribution in [0.4, 0.5) is 5.69 Å². The Labute approximate surface area is 124 Å². The quantitative estimate of drug-likeness (QED) is 0.921. The lowest BCUT2D eigenvalue weighted by Crippen LogP contribution is -2.08. The van der Waals surface area contributed by atoms with Gasteiger partial charge in [0.05, 0.1) is 11.0 Å². The Morgan fingerprint density at radius 3 is 2.70 bits per heavy atom. The van der Waals surface area contributed by atoms with Crippen LogP contribution in [0.25, 0.3) is 11.0 Å². The van der Waals surface area contributed by atoms with E-state index < -0.39 is 5.97 Å². The van der Waals surface area contributed by atoms with Gasteiger partial charge in [0.1, 0.15) is 5.82 Å². The first-order valence-electron chi connectivity index (χ1n) is 6.33. The Hall–Kier alpha value is -1.75. The fourth-order valence-electron chi connectivity index (χ4n) is 2.14. The number of nitrogens with zero attached hydrogens (tertiary/aromatic N) is 3. The average Bonchev–Trinajstić information content (AvgIpc) is 2.65. The van der Waals surface area contributed by atoms with Crippen LogP contribution < -0.4 is 4.90 Å². The summed E-state index contributed by atoms with van der Waals surface area (Å²) in [5.74, 6) is 0.181. The molecule has 0 saturated carbocycles. The highest BCUT2D eigenvalue weighted by Gasteiger charge is 2.09. The number of carbonyl (C=O) groups is 1. The van der Waals surface area contributed by atoms with Gasteiger partial charge in [-0.2, -0.15) is 0 Å². The smallest absolute Gasteiger partial charge is 0.303 e. The van der Waals surface area contributed by atoms with Gasteiger partial charge in [0.15, 0.2) is 0 Å². The first-order valence-corrected chi connectivity index (χ1v) is 6.33. The van der Waals surface area contributed by atoms with E-state index in [-0.39, 0.29) is 18.8 Å². The highest BCUT2D eigenvalue weighted by atomic mass is 35.5. The van der Waals surface area contributed by atoms with Crippen LogP contribution in [0, 0.1) is 0 Å². The van der Waals surface area contributed by atoms with Gasteiger partial charge in [-0.3, -0.25) is 4.79 Å². The molecule has 110 valence electrons. The third kappa shape index (κ3) is 3.42. The molecule has 0 aliphatic heterocycles. The molecule has 2 rings (SSSR count). The molecule has 0 amide bonds. The molecule has 0 fully saturated rings. The fraction of sp³-hybridized carbons (Fsp3) is 0.429. The number of imidazole rings is 1. The molecule has 1 aromatic heterocycles. The normalized spacial score (nSPS) is 10.3. The number of hydrogen-bond donors (Lipinski definition) is 1. The molecule has 1 aromatic carbocycles. The van der Waals surface area contributed by atoms with E-state index in [1.54, 1.807) is 0 Å². The average molecular weight is 298 g/mol. The second kappa shape index (κ2) is 6.61. The van der Waals surface area contributed by atoms with E-state index in [9.17, 15) is 4.79 Å². The van der Waals surface area contributed by atoms with E-state index >= 15 is 0 Å². The van der Waals surface area contributed by atoms with Crippen molar-refractivity contribution in [1.82, 2.24) is 9.55 Å². The van der Waals surface area contributed by atoms with Gasteiger partial charge in [0, 0.05) is 39.7 Å². The summed E-state index contributed by atoms with van der Waals surface area (Å²) in [6, 6.07) is 6.17. The van der Waals surface area contributed by atoms with Gasteiger partial charge >= 0.3 is 5.97 Å². The van der Waals surface area contributed by atoms with E-state index in [1.807, 2.05) is 30.6 Å². The van der Waals surface area contributed by atoms with Gasteiger partial charge in [-0.05, 0) is 24.6 Å². The zero-order chi connectivity index (χ0) is 14.0.